The average molecular weight is 319 g/mol. The van der Waals surface area contributed by atoms with Crippen molar-refractivity contribution in [1.82, 2.24) is 0 Å². The van der Waals surface area contributed by atoms with E-state index < -0.39 is 5.54 Å². The van der Waals surface area contributed by atoms with E-state index in [-0.39, 0.29) is 19.8 Å². The minimum absolute atomic E-state index is 0.220. The van der Waals surface area contributed by atoms with E-state index in [1.54, 1.807) is 0 Å². The Bertz CT molecular complexity index is 259. The molecule has 0 aromatic heterocycles. The van der Waals surface area contributed by atoms with E-state index in [1.165, 1.54) is 0 Å². The summed E-state index contributed by atoms with van der Waals surface area (Å²) in [6, 6.07) is 0. The quantitative estimate of drug-likeness (QED) is 0.305. The van der Waals surface area contributed by atoms with E-state index >= 15 is 0 Å². The molecule has 22 heavy (non-hydrogen) atoms. The number of hydrogen-bond acceptors (Lipinski definition) is 7. The second-order valence-electron chi connectivity index (χ2n) is 5.04. The molecule has 0 rings (SSSR count). The molecule has 0 spiro atoms. The van der Waals surface area contributed by atoms with E-state index in [9.17, 15) is 9.59 Å². The Morgan fingerprint density at radius 3 is 1.68 bits per heavy atom. The molecule has 0 bridgehead atoms. The topological polar surface area (TPSA) is 97.1 Å². The maximum absolute atomic E-state index is 10.3. The third-order valence-electron chi connectivity index (χ3n) is 2.65. The fourth-order valence-corrected chi connectivity index (χ4v) is 1.58. The molecule has 0 amide bonds. The molecule has 0 fully saturated rings. The first-order valence-corrected chi connectivity index (χ1v) is 7.65. The lowest BCUT2D eigenvalue weighted by atomic mass is 10.1. The third-order valence-corrected chi connectivity index (χ3v) is 2.65. The van der Waals surface area contributed by atoms with Crippen molar-refractivity contribution in [2.75, 3.05) is 52.9 Å². The molecule has 0 saturated heterocycles. The molecule has 0 aliphatic rings. The molecule has 130 valence electrons. The van der Waals surface area contributed by atoms with E-state index in [1.807, 2.05) is 6.92 Å². The maximum Gasteiger partial charge on any atom is 0.122 e. The number of ether oxygens (including phenoxy) is 4. The Balaban J connectivity index is 4.01. The van der Waals surface area contributed by atoms with Crippen molar-refractivity contribution in [3.8, 4) is 0 Å². The molecule has 0 aliphatic carbocycles. The standard InChI is InChI=1S/C15H29NO6/c1-2-7-19-10-11-22-14-15(16,12-20-8-3-5-17)13-21-9-4-6-18/h5-6H,2-4,7-14,16H2,1H3. The van der Waals surface area contributed by atoms with Gasteiger partial charge in [-0.25, -0.2) is 0 Å². The first kappa shape index (κ1) is 21.1. The predicted octanol–water partition coefficient (Wildman–Crippen LogP) is 0.338. The zero-order valence-corrected chi connectivity index (χ0v) is 13.5. The van der Waals surface area contributed by atoms with Crippen LogP contribution in [-0.4, -0.2) is 71.0 Å². The molecule has 0 aliphatic heterocycles. The Labute approximate surface area is 132 Å². The van der Waals surface area contributed by atoms with Crippen LogP contribution in [0.25, 0.3) is 0 Å². The normalized spacial score (nSPS) is 11.5. The lowest BCUT2D eigenvalue weighted by molar-refractivity contribution is -0.109. The van der Waals surface area contributed by atoms with Crippen molar-refractivity contribution >= 4 is 12.6 Å². The Morgan fingerprint density at radius 1 is 0.773 bits per heavy atom. The number of carbonyl (C=O) groups excluding carboxylic acids is 2. The van der Waals surface area contributed by atoms with Gasteiger partial charge in [-0.2, -0.15) is 0 Å². The molecule has 7 nitrogen and oxygen atoms in total. The van der Waals surface area contributed by atoms with Gasteiger partial charge in [0.1, 0.15) is 12.6 Å². The minimum atomic E-state index is -0.809. The predicted molar refractivity (Wildman–Crippen MR) is 81.8 cm³/mol. The second kappa shape index (κ2) is 15.1. The zero-order chi connectivity index (χ0) is 16.5. The van der Waals surface area contributed by atoms with Gasteiger partial charge in [0.25, 0.3) is 0 Å². The fourth-order valence-electron chi connectivity index (χ4n) is 1.58. The van der Waals surface area contributed by atoms with Crippen molar-refractivity contribution < 1.29 is 28.5 Å². The fraction of sp³-hybridized carbons (Fsp3) is 0.867. The van der Waals surface area contributed by atoms with Gasteiger partial charge < -0.3 is 34.3 Å². The third kappa shape index (κ3) is 12.8. The van der Waals surface area contributed by atoms with Crippen LogP contribution in [-0.2, 0) is 28.5 Å². The van der Waals surface area contributed by atoms with Crippen LogP contribution >= 0.6 is 0 Å². The molecule has 0 heterocycles. The summed E-state index contributed by atoms with van der Waals surface area (Å²) in [5.74, 6) is 0. The number of carbonyl (C=O) groups is 2. The summed E-state index contributed by atoms with van der Waals surface area (Å²) in [5.41, 5.74) is 5.40. The van der Waals surface area contributed by atoms with Crippen LogP contribution in [0.1, 0.15) is 26.2 Å². The first-order valence-electron chi connectivity index (χ1n) is 7.65. The van der Waals surface area contributed by atoms with Crippen molar-refractivity contribution in [2.24, 2.45) is 5.73 Å². The van der Waals surface area contributed by atoms with E-state index in [2.05, 4.69) is 0 Å². The molecule has 0 saturated carbocycles. The summed E-state index contributed by atoms with van der Waals surface area (Å²) in [4.78, 5) is 20.5. The van der Waals surface area contributed by atoms with Crippen LogP contribution in [0, 0.1) is 0 Å². The highest BCUT2D eigenvalue weighted by Crippen LogP contribution is 2.05. The highest BCUT2D eigenvalue weighted by molar-refractivity contribution is 5.49. The Kier molecular flexibility index (Phi) is 14.5. The van der Waals surface area contributed by atoms with E-state index in [0.29, 0.717) is 45.9 Å². The molecule has 0 radical (unpaired) electrons. The molecular formula is C15H29NO6. The van der Waals surface area contributed by atoms with Crippen molar-refractivity contribution in [3.05, 3.63) is 0 Å². The van der Waals surface area contributed by atoms with Crippen molar-refractivity contribution in [1.29, 1.82) is 0 Å². The number of nitrogens with two attached hydrogens (primary N) is 1. The maximum atomic E-state index is 10.3. The zero-order valence-electron chi connectivity index (χ0n) is 13.5. The first-order chi connectivity index (χ1) is 10.7. The van der Waals surface area contributed by atoms with Gasteiger partial charge in [0.15, 0.2) is 0 Å². The summed E-state index contributed by atoms with van der Waals surface area (Å²) in [6.07, 6.45) is 3.21. The van der Waals surface area contributed by atoms with Gasteiger partial charge in [0.2, 0.25) is 0 Å². The summed E-state index contributed by atoms with van der Waals surface area (Å²) >= 11 is 0. The summed E-state index contributed by atoms with van der Waals surface area (Å²) in [7, 11) is 0. The molecule has 0 atom stereocenters. The van der Waals surface area contributed by atoms with Crippen LogP contribution in [0.2, 0.25) is 0 Å². The van der Waals surface area contributed by atoms with Gasteiger partial charge in [-0.15, -0.1) is 0 Å². The van der Waals surface area contributed by atoms with Crippen molar-refractivity contribution in [2.45, 2.75) is 31.7 Å². The average Bonchev–Trinajstić information content (AvgIpc) is 2.52. The highest BCUT2D eigenvalue weighted by atomic mass is 16.5. The van der Waals surface area contributed by atoms with E-state index in [4.69, 9.17) is 24.7 Å². The SMILES string of the molecule is CCCOCCOCC(N)(COCCC=O)COCCC=O. The molecule has 7 heteroatoms. The minimum Gasteiger partial charge on any atom is -0.379 e. The molecule has 0 unspecified atom stereocenters. The smallest absolute Gasteiger partial charge is 0.122 e. The molecule has 2 N–H and O–H groups in total. The largest absolute Gasteiger partial charge is 0.379 e. The van der Waals surface area contributed by atoms with Crippen LogP contribution in [0.5, 0.6) is 0 Å². The Morgan fingerprint density at radius 2 is 1.23 bits per heavy atom. The van der Waals surface area contributed by atoms with Crippen molar-refractivity contribution in [3.63, 3.8) is 0 Å². The number of aldehydes is 2. The summed E-state index contributed by atoms with van der Waals surface area (Å²) in [6.45, 7) is 5.04. The lowest BCUT2D eigenvalue weighted by Crippen LogP contribution is -2.53. The van der Waals surface area contributed by atoms with Gasteiger partial charge in [-0.3, -0.25) is 0 Å². The lowest BCUT2D eigenvalue weighted by Gasteiger charge is -2.28. The van der Waals surface area contributed by atoms with Gasteiger partial charge in [0, 0.05) is 19.4 Å². The van der Waals surface area contributed by atoms with Gasteiger partial charge in [-0.05, 0) is 6.42 Å². The van der Waals surface area contributed by atoms with Gasteiger partial charge >= 0.3 is 0 Å². The molecular weight excluding hydrogens is 290 g/mol. The monoisotopic (exact) mass is 319 g/mol. The summed E-state index contributed by atoms with van der Waals surface area (Å²) < 4.78 is 21.6. The number of rotatable bonds is 17. The van der Waals surface area contributed by atoms with Gasteiger partial charge in [0.05, 0.1) is 51.8 Å². The van der Waals surface area contributed by atoms with Gasteiger partial charge in [-0.1, -0.05) is 6.92 Å². The Hall–Kier alpha value is -0.860. The van der Waals surface area contributed by atoms with Crippen LogP contribution in [0.4, 0.5) is 0 Å². The molecule has 0 aromatic carbocycles. The van der Waals surface area contributed by atoms with Crippen LogP contribution in [0.15, 0.2) is 0 Å². The van der Waals surface area contributed by atoms with E-state index in [0.717, 1.165) is 19.0 Å². The van der Waals surface area contributed by atoms with Crippen LogP contribution < -0.4 is 5.73 Å². The molecule has 0 aromatic rings. The summed E-state index contributed by atoms with van der Waals surface area (Å²) in [5, 5.41) is 0. The number of hydrogen-bond donors (Lipinski definition) is 1. The highest BCUT2D eigenvalue weighted by Gasteiger charge is 2.26. The van der Waals surface area contributed by atoms with Crippen LogP contribution in [0.3, 0.4) is 0 Å². The second-order valence-corrected chi connectivity index (χ2v) is 5.04.